The van der Waals surface area contributed by atoms with Crippen molar-refractivity contribution in [1.82, 2.24) is 4.90 Å². The Kier molecular flexibility index (Phi) is 15.3. The molecule has 0 N–H and O–H groups in total. The van der Waals surface area contributed by atoms with E-state index in [1.54, 1.807) is 0 Å². The van der Waals surface area contributed by atoms with E-state index in [0.29, 0.717) is 5.92 Å². The number of rotatable bonds is 5. The maximum atomic E-state index is 6.08. The lowest BCUT2D eigenvalue weighted by Crippen LogP contribution is -2.28. The van der Waals surface area contributed by atoms with E-state index in [1.807, 2.05) is 25.1 Å². The Morgan fingerprint density at radius 1 is 1.00 bits per heavy atom. The van der Waals surface area contributed by atoms with Crippen LogP contribution in [-0.2, 0) is 0 Å². The van der Waals surface area contributed by atoms with Crippen molar-refractivity contribution in [2.45, 2.75) is 47.5 Å². The lowest BCUT2D eigenvalue weighted by Gasteiger charge is -2.21. The normalized spacial score (nSPS) is 13.4. The highest BCUT2D eigenvalue weighted by Gasteiger charge is 2.15. The van der Waals surface area contributed by atoms with Crippen LogP contribution in [0.5, 0.6) is 5.75 Å². The van der Waals surface area contributed by atoms with Crippen LogP contribution in [0.25, 0.3) is 0 Å². The molecule has 1 aliphatic rings. The Balaban J connectivity index is 0.000000582. The van der Waals surface area contributed by atoms with E-state index in [2.05, 4.69) is 76.8 Å². The van der Waals surface area contributed by atoms with Crippen LogP contribution in [-0.4, -0.2) is 31.1 Å². The van der Waals surface area contributed by atoms with Gasteiger partial charge in [0, 0.05) is 23.0 Å². The van der Waals surface area contributed by atoms with Gasteiger partial charge in [-0.25, -0.2) is 0 Å². The molecule has 3 heteroatoms. The molecule has 2 aromatic rings. The Hall–Kier alpha value is -2.21. The number of aryl methyl sites for hydroxylation is 3. The zero-order valence-electron chi connectivity index (χ0n) is 20.1. The topological polar surface area (TPSA) is 12.5 Å². The zero-order chi connectivity index (χ0) is 23.8. The fourth-order valence-electron chi connectivity index (χ4n) is 3.33. The summed E-state index contributed by atoms with van der Waals surface area (Å²) < 4.78 is 5.88. The molecule has 0 aliphatic carbocycles. The number of halogens is 1. The standard InChI is InChI=1S/C15H22ClNO.C9H12.C2H4.C2H2/c1-12(10-17-8-3-4-9-17)11-18-15-7-5-6-14(16)13(15)2;1-7-4-5-8(2)9(3)6-7;2*1-2/h5-7,12H,3-4,8-11H2,1-2H3;4-6H,1-3H3;1-2H2;1-2H/t12-;;;/m1.../s1. The minimum atomic E-state index is 0.557. The lowest BCUT2D eigenvalue weighted by atomic mass is 10.1. The quantitative estimate of drug-likeness (QED) is 0.353. The van der Waals surface area contributed by atoms with Crippen LogP contribution >= 0.6 is 11.6 Å². The highest BCUT2D eigenvalue weighted by atomic mass is 35.5. The van der Waals surface area contributed by atoms with E-state index in [-0.39, 0.29) is 0 Å². The largest absolute Gasteiger partial charge is 0.493 e. The Morgan fingerprint density at radius 3 is 2.16 bits per heavy atom. The third-order valence-corrected chi connectivity index (χ3v) is 5.58. The van der Waals surface area contributed by atoms with Crippen molar-refractivity contribution >= 4 is 11.6 Å². The number of likely N-dealkylation sites (tertiary alicyclic amines) is 1. The van der Waals surface area contributed by atoms with E-state index in [0.717, 1.165) is 29.5 Å². The van der Waals surface area contributed by atoms with Gasteiger partial charge in [-0.1, -0.05) is 48.4 Å². The fourth-order valence-corrected chi connectivity index (χ4v) is 3.49. The van der Waals surface area contributed by atoms with Crippen molar-refractivity contribution in [3.63, 3.8) is 0 Å². The zero-order valence-corrected chi connectivity index (χ0v) is 20.8. The molecule has 0 amide bonds. The van der Waals surface area contributed by atoms with E-state index < -0.39 is 0 Å². The molecule has 0 aromatic heterocycles. The maximum absolute atomic E-state index is 6.08. The monoisotopic (exact) mass is 441 g/mol. The van der Waals surface area contributed by atoms with Crippen molar-refractivity contribution in [2.24, 2.45) is 5.92 Å². The third kappa shape index (κ3) is 11.1. The SMILES string of the molecule is C#C.C=C.Cc1c(Cl)cccc1OC[C@H](C)CN1CCCC1.Cc1ccc(C)c(C)c1. The molecule has 0 bridgehead atoms. The molecule has 0 spiro atoms. The summed E-state index contributed by atoms with van der Waals surface area (Å²) in [5, 5.41) is 0.777. The van der Waals surface area contributed by atoms with Crippen molar-refractivity contribution < 1.29 is 4.74 Å². The van der Waals surface area contributed by atoms with Crippen LogP contribution in [0.4, 0.5) is 0 Å². The van der Waals surface area contributed by atoms with Crippen LogP contribution in [0.3, 0.4) is 0 Å². The van der Waals surface area contributed by atoms with Gasteiger partial charge < -0.3 is 9.64 Å². The number of ether oxygens (including phenoxy) is 1. The number of hydrogen-bond acceptors (Lipinski definition) is 2. The maximum Gasteiger partial charge on any atom is 0.123 e. The Bertz CT molecular complexity index is 778. The molecule has 1 saturated heterocycles. The summed E-state index contributed by atoms with van der Waals surface area (Å²) >= 11 is 6.08. The van der Waals surface area contributed by atoms with Gasteiger partial charge in [0.05, 0.1) is 6.61 Å². The summed E-state index contributed by atoms with van der Waals surface area (Å²) in [4.78, 5) is 2.53. The molecular weight excluding hydrogens is 402 g/mol. The van der Waals surface area contributed by atoms with Crippen LogP contribution in [0.1, 0.15) is 42.0 Å². The second kappa shape index (κ2) is 16.5. The van der Waals surface area contributed by atoms with Crippen molar-refractivity contribution in [2.75, 3.05) is 26.2 Å². The molecule has 170 valence electrons. The lowest BCUT2D eigenvalue weighted by molar-refractivity contribution is 0.205. The summed E-state index contributed by atoms with van der Waals surface area (Å²) in [7, 11) is 0. The molecule has 0 radical (unpaired) electrons. The highest BCUT2D eigenvalue weighted by molar-refractivity contribution is 6.31. The molecular formula is C28H40ClNO. The van der Waals surface area contributed by atoms with E-state index in [9.17, 15) is 0 Å². The van der Waals surface area contributed by atoms with E-state index in [4.69, 9.17) is 16.3 Å². The van der Waals surface area contributed by atoms with Gasteiger partial charge in [-0.3, -0.25) is 0 Å². The molecule has 31 heavy (non-hydrogen) atoms. The molecule has 1 heterocycles. The van der Waals surface area contributed by atoms with Crippen LogP contribution in [0.2, 0.25) is 5.02 Å². The Morgan fingerprint density at radius 2 is 1.61 bits per heavy atom. The van der Waals surface area contributed by atoms with Crippen molar-refractivity contribution in [3.8, 4) is 18.6 Å². The van der Waals surface area contributed by atoms with Crippen LogP contribution in [0, 0.1) is 46.5 Å². The number of hydrogen-bond donors (Lipinski definition) is 0. The molecule has 1 aliphatic heterocycles. The van der Waals surface area contributed by atoms with Crippen LogP contribution < -0.4 is 4.74 Å². The molecule has 1 fully saturated rings. The first kappa shape index (κ1) is 28.8. The molecule has 0 unspecified atom stereocenters. The van der Waals surface area contributed by atoms with Gasteiger partial charge in [-0.15, -0.1) is 26.0 Å². The summed E-state index contributed by atoms with van der Waals surface area (Å²) in [5.41, 5.74) is 5.14. The smallest absolute Gasteiger partial charge is 0.123 e. The van der Waals surface area contributed by atoms with Gasteiger partial charge in [0.15, 0.2) is 0 Å². The predicted octanol–water partition coefficient (Wildman–Crippen LogP) is 7.42. The molecule has 1 atom stereocenters. The van der Waals surface area contributed by atoms with Gasteiger partial charge in [-0.05, 0) is 76.9 Å². The highest BCUT2D eigenvalue weighted by Crippen LogP contribution is 2.25. The molecule has 2 nitrogen and oxygen atoms in total. The first-order valence-electron chi connectivity index (χ1n) is 10.8. The molecule has 3 rings (SSSR count). The summed E-state index contributed by atoms with van der Waals surface area (Å²) in [6.07, 6.45) is 10.7. The first-order valence-corrected chi connectivity index (χ1v) is 11.2. The average molecular weight is 442 g/mol. The van der Waals surface area contributed by atoms with Gasteiger partial charge >= 0.3 is 0 Å². The van der Waals surface area contributed by atoms with Crippen molar-refractivity contribution in [3.05, 3.63) is 76.8 Å². The summed E-state index contributed by atoms with van der Waals surface area (Å²) in [6, 6.07) is 12.3. The molecule has 0 saturated carbocycles. The number of benzene rings is 2. The molecule has 2 aromatic carbocycles. The van der Waals surface area contributed by atoms with E-state index >= 15 is 0 Å². The van der Waals surface area contributed by atoms with E-state index in [1.165, 1.54) is 42.6 Å². The minimum absolute atomic E-state index is 0.557. The van der Waals surface area contributed by atoms with Gasteiger partial charge in [0.2, 0.25) is 0 Å². The van der Waals surface area contributed by atoms with Gasteiger partial charge in [0.25, 0.3) is 0 Å². The first-order chi connectivity index (χ1) is 14.9. The van der Waals surface area contributed by atoms with Gasteiger partial charge in [0.1, 0.15) is 5.75 Å². The second-order valence-corrected chi connectivity index (χ2v) is 8.28. The van der Waals surface area contributed by atoms with Gasteiger partial charge in [-0.2, -0.15) is 0 Å². The predicted molar refractivity (Wildman–Crippen MR) is 138 cm³/mol. The second-order valence-electron chi connectivity index (χ2n) is 7.87. The number of nitrogens with zero attached hydrogens (tertiary/aromatic N) is 1. The summed E-state index contributed by atoms with van der Waals surface area (Å²) in [5.74, 6) is 1.47. The fraction of sp³-hybridized carbons (Fsp3) is 0.429. The van der Waals surface area contributed by atoms with Crippen LogP contribution in [0.15, 0.2) is 49.6 Å². The third-order valence-electron chi connectivity index (χ3n) is 5.17. The number of terminal acetylenes is 1. The Labute approximate surface area is 196 Å². The minimum Gasteiger partial charge on any atom is -0.493 e. The van der Waals surface area contributed by atoms with Crippen molar-refractivity contribution in [1.29, 1.82) is 0 Å². The average Bonchev–Trinajstić information content (AvgIpc) is 3.28. The summed E-state index contributed by atoms with van der Waals surface area (Å²) in [6.45, 7) is 21.0.